The van der Waals surface area contributed by atoms with Crippen LogP contribution >= 0.6 is 15.6 Å². The lowest BCUT2D eigenvalue weighted by molar-refractivity contribution is -0.161. The molecule has 1 saturated heterocycles. The number of rotatable bonds is 6. The minimum absolute atomic E-state index is 0.130. The average Bonchev–Trinajstić information content (AvgIpc) is 2.72. The Labute approximate surface area is 144 Å². The fraction of sp³-hybridized carbons (Fsp3) is 0.556. The van der Waals surface area contributed by atoms with Gasteiger partial charge in [0.1, 0.15) is 24.1 Å². The Morgan fingerprint density at radius 1 is 1.27 bits per heavy atom. The van der Waals surface area contributed by atoms with Crippen molar-refractivity contribution in [3.8, 4) is 0 Å². The predicted octanol–water partition coefficient (Wildman–Crippen LogP) is -3.01. The molecule has 0 spiro atoms. The molecule has 0 amide bonds. The minimum Gasteiger partial charge on any atom is -0.387 e. The van der Waals surface area contributed by atoms with Gasteiger partial charge in [-0.2, -0.15) is 9.29 Å². The van der Waals surface area contributed by atoms with Crippen molar-refractivity contribution in [2.75, 3.05) is 5.73 Å². The SMILES string of the molecule is Nc1ccn([C@@H]2O[C@H](C(O)OP(=O)(O)OP(=O)(O)O)[C@@H](O)[C@@H]2O)c(=O)n1. The molecule has 6 atom stereocenters. The number of nitrogen functional groups attached to an aromatic ring is 1. The van der Waals surface area contributed by atoms with Crippen molar-refractivity contribution >= 4 is 21.5 Å². The molecular weight excluding hydrogens is 404 g/mol. The van der Waals surface area contributed by atoms with Crippen LogP contribution in [0.15, 0.2) is 17.1 Å². The predicted molar refractivity (Wildman–Crippen MR) is 78.9 cm³/mol. The van der Waals surface area contributed by atoms with Crippen LogP contribution in [0, 0.1) is 0 Å². The van der Waals surface area contributed by atoms with E-state index in [1.54, 1.807) is 0 Å². The van der Waals surface area contributed by atoms with Crippen molar-refractivity contribution < 1.29 is 52.7 Å². The van der Waals surface area contributed by atoms with Crippen LogP contribution in [0.2, 0.25) is 0 Å². The molecule has 15 nitrogen and oxygen atoms in total. The van der Waals surface area contributed by atoms with Crippen molar-refractivity contribution in [2.45, 2.75) is 30.8 Å². The maximum absolute atomic E-state index is 11.8. The zero-order valence-corrected chi connectivity index (χ0v) is 14.3. The summed E-state index contributed by atoms with van der Waals surface area (Å²) in [5.41, 5.74) is 4.35. The summed E-state index contributed by atoms with van der Waals surface area (Å²) in [5.74, 6) is -0.130. The van der Waals surface area contributed by atoms with Gasteiger partial charge in [0.25, 0.3) is 0 Å². The number of aliphatic hydroxyl groups is 3. The topological polar surface area (TPSA) is 244 Å². The van der Waals surface area contributed by atoms with Crippen molar-refractivity contribution in [3.05, 3.63) is 22.7 Å². The van der Waals surface area contributed by atoms with Crippen molar-refractivity contribution in [1.82, 2.24) is 9.55 Å². The molecule has 0 radical (unpaired) electrons. The van der Waals surface area contributed by atoms with Crippen LogP contribution in [0.4, 0.5) is 5.82 Å². The third-order valence-electron chi connectivity index (χ3n) is 3.13. The molecule has 0 aromatic carbocycles. The number of phosphoric ester groups is 1. The van der Waals surface area contributed by atoms with Gasteiger partial charge in [-0.3, -0.25) is 9.09 Å². The summed E-state index contributed by atoms with van der Waals surface area (Å²) < 4.78 is 35.3. The zero-order valence-electron chi connectivity index (χ0n) is 12.5. The highest BCUT2D eigenvalue weighted by Crippen LogP contribution is 2.58. The van der Waals surface area contributed by atoms with Gasteiger partial charge in [-0.15, -0.1) is 0 Å². The molecule has 1 fully saturated rings. The fourth-order valence-corrected chi connectivity index (χ4v) is 3.74. The van der Waals surface area contributed by atoms with E-state index in [0.717, 1.165) is 10.8 Å². The zero-order chi connectivity index (χ0) is 19.9. The van der Waals surface area contributed by atoms with Crippen molar-refractivity contribution in [2.24, 2.45) is 0 Å². The lowest BCUT2D eigenvalue weighted by Crippen LogP contribution is -2.40. The Morgan fingerprint density at radius 2 is 1.88 bits per heavy atom. The summed E-state index contributed by atoms with van der Waals surface area (Å²) in [6.45, 7) is 0. The Bertz CT molecular complexity index is 809. The highest BCUT2D eigenvalue weighted by atomic mass is 31.3. The number of nitrogens with zero attached hydrogens (tertiary/aromatic N) is 2. The number of phosphoric acid groups is 2. The largest absolute Gasteiger partial charge is 0.483 e. The molecule has 26 heavy (non-hydrogen) atoms. The van der Waals surface area contributed by atoms with Gasteiger partial charge in [-0.1, -0.05) is 0 Å². The third-order valence-corrected chi connectivity index (χ3v) is 5.29. The molecule has 2 heterocycles. The number of nitrogens with two attached hydrogens (primary N) is 1. The smallest absolute Gasteiger partial charge is 0.387 e. The summed E-state index contributed by atoms with van der Waals surface area (Å²) >= 11 is 0. The first-order valence-electron chi connectivity index (χ1n) is 6.63. The summed E-state index contributed by atoms with van der Waals surface area (Å²) in [5, 5.41) is 29.6. The second-order valence-corrected chi connectivity index (χ2v) is 7.83. The maximum atomic E-state index is 11.8. The number of hydrogen-bond donors (Lipinski definition) is 7. The first-order chi connectivity index (χ1) is 11.8. The molecular formula is C9H15N3O12P2. The maximum Gasteiger partial charge on any atom is 0.483 e. The molecule has 8 N–H and O–H groups in total. The molecule has 2 rings (SSSR count). The number of aliphatic hydroxyl groups excluding tert-OH is 3. The van der Waals surface area contributed by atoms with Gasteiger partial charge >= 0.3 is 21.3 Å². The highest BCUT2D eigenvalue weighted by molar-refractivity contribution is 7.60. The van der Waals surface area contributed by atoms with Crippen LogP contribution in [0.3, 0.4) is 0 Å². The molecule has 2 unspecified atom stereocenters. The summed E-state index contributed by atoms with van der Waals surface area (Å²) in [6.07, 6.45) is -8.58. The molecule has 0 aliphatic carbocycles. The van der Waals surface area contributed by atoms with Gasteiger partial charge in [0.15, 0.2) is 12.5 Å². The molecule has 1 aromatic heterocycles. The first-order valence-corrected chi connectivity index (χ1v) is 9.66. The first kappa shape index (κ1) is 21.1. The second-order valence-electron chi connectivity index (χ2n) is 5.05. The lowest BCUT2D eigenvalue weighted by atomic mass is 10.1. The highest BCUT2D eigenvalue weighted by Gasteiger charge is 2.50. The van der Waals surface area contributed by atoms with E-state index in [0.29, 0.717) is 0 Å². The fourth-order valence-electron chi connectivity index (χ4n) is 2.12. The Kier molecular flexibility index (Phi) is 6.02. The van der Waals surface area contributed by atoms with Gasteiger partial charge in [-0.25, -0.2) is 13.9 Å². The molecule has 1 aromatic rings. The van der Waals surface area contributed by atoms with E-state index in [-0.39, 0.29) is 5.82 Å². The van der Waals surface area contributed by atoms with E-state index >= 15 is 0 Å². The van der Waals surface area contributed by atoms with E-state index in [1.165, 1.54) is 6.07 Å². The van der Waals surface area contributed by atoms with Gasteiger partial charge < -0.3 is 40.5 Å². The summed E-state index contributed by atoms with van der Waals surface area (Å²) in [6, 6.07) is 1.18. The number of ether oxygens (including phenoxy) is 1. The minimum atomic E-state index is -5.46. The standard InChI is InChI=1S/C9H15N3O12P2/c10-3-1-2-12(9(16)11-3)7-5(14)4(13)6(22-7)8(15)23-26(20,21)24-25(17,18)19/h1-2,4-8,13-15H,(H,20,21)(H2,10,11,16)(H2,17,18,19)/t4-,5-,6-,7+,8?/m0/s1. The van der Waals surface area contributed by atoms with Crippen molar-refractivity contribution in [1.29, 1.82) is 0 Å². The monoisotopic (exact) mass is 419 g/mol. The van der Waals surface area contributed by atoms with Crippen LogP contribution in [-0.2, 0) is 22.7 Å². The molecule has 0 bridgehead atoms. The number of anilines is 1. The Balaban J connectivity index is 2.17. The number of hydrogen-bond acceptors (Lipinski definition) is 11. The molecule has 1 aliphatic rings. The van der Waals surface area contributed by atoms with E-state index in [4.69, 9.17) is 20.3 Å². The summed E-state index contributed by atoms with van der Waals surface area (Å²) in [4.78, 5) is 41.3. The number of aromatic nitrogens is 2. The van der Waals surface area contributed by atoms with Gasteiger partial charge in [0, 0.05) is 6.20 Å². The molecule has 17 heteroatoms. The van der Waals surface area contributed by atoms with Gasteiger partial charge in [0.2, 0.25) is 0 Å². The van der Waals surface area contributed by atoms with E-state index < -0.39 is 52.2 Å². The molecule has 1 aliphatic heterocycles. The van der Waals surface area contributed by atoms with Crippen LogP contribution < -0.4 is 11.4 Å². The van der Waals surface area contributed by atoms with Crippen LogP contribution in [0.25, 0.3) is 0 Å². The van der Waals surface area contributed by atoms with Gasteiger partial charge in [-0.05, 0) is 6.07 Å². The third kappa shape index (κ3) is 4.94. The van der Waals surface area contributed by atoms with E-state index in [1.807, 2.05) is 0 Å². The molecule has 148 valence electrons. The van der Waals surface area contributed by atoms with Crippen LogP contribution in [-0.4, -0.2) is 64.2 Å². The lowest BCUT2D eigenvalue weighted by Gasteiger charge is -2.22. The Morgan fingerprint density at radius 3 is 2.42 bits per heavy atom. The van der Waals surface area contributed by atoms with Crippen LogP contribution in [0.1, 0.15) is 6.23 Å². The van der Waals surface area contributed by atoms with Gasteiger partial charge in [0.05, 0.1) is 0 Å². The normalized spacial score (nSPS) is 30.1. The van der Waals surface area contributed by atoms with E-state index in [9.17, 15) is 34.1 Å². The van der Waals surface area contributed by atoms with Crippen molar-refractivity contribution in [3.63, 3.8) is 0 Å². The quantitative estimate of drug-likeness (QED) is 0.179. The van der Waals surface area contributed by atoms with Crippen LogP contribution in [0.5, 0.6) is 0 Å². The Hall–Kier alpha value is -1.22. The van der Waals surface area contributed by atoms with E-state index in [2.05, 4.69) is 13.8 Å². The average molecular weight is 419 g/mol. The second kappa shape index (κ2) is 7.42. The molecule has 0 saturated carbocycles. The summed E-state index contributed by atoms with van der Waals surface area (Å²) in [7, 11) is -10.9.